The highest BCUT2D eigenvalue weighted by atomic mass is 32.1. The second-order valence-corrected chi connectivity index (χ2v) is 4.99. The maximum atomic E-state index is 11.2. The molecule has 1 unspecified atom stereocenters. The minimum atomic E-state index is -0.735. The van der Waals surface area contributed by atoms with Gasteiger partial charge in [-0.05, 0) is 19.3 Å². The highest BCUT2D eigenvalue weighted by Crippen LogP contribution is 2.32. The predicted molar refractivity (Wildman–Crippen MR) is 56.4 cm³/mol. The largest absolute Gasteiger partial charge is 0.481 e. The van der Waals surface area contributed by atoms with E-state index in [1.807, 2.05) is 13.8 Å². The molecule has 0 radical (unpaired) electrons. The van der Waals surface area contributed by atoms with E-state index in [0.29, 0.717) is 6.42 Å². The van der Waals surface area contributed by atoms with Crippen LogP contribution in [-0.4, -0.2) is 16.1 Å². The van der Waals surface area contributed by atoms with Crippen molar-refractivity contribution in [1.82, 2.24) is 4.98 Å². The molecular formula is C10H15NO2S. The van der Waals surface area contributed by atoms with Crippen molar-refractivity contribution in [3.05, 3.63) is 16.6 Å². The molecular weight excluding hydrogens is 198 g/mol. The zero-order valence-electron chi connectivity index (χ0n) is 8.65. The molecule has 1 heterocycles. The van der Waals surface area contributed by atoms with Crippen LogP contribution in [0.5, 0.6) is 0 Å². The number of nitrogens with zero attached hydrogens (tertiary/aromatic N) is 1. The van der Waals surface area contributed by atoms with Gasteiger partial charge in [-0.1, -0.05) is 13.8 Å². The van der Waals surface area contributed by atoms with Crippen molar-refractivity contribution >= 4 is 17.3 Å². The summed E-state index contributed by atoms with van der Waals surface area (Å²) in [6.45, 7) is 5.67. The smallest absolute Gasteiger partial charge is 0.309 e. The third-order valence-electron chi connectivity index (χ3n) is 2.79. The number of thiazole rings is 1. The fraction of sp³-hybridized carbons (Fsp3) is 0.600. The molecule has 1 rings (SSSR count). The van der Waals surface area contributed by atoms with Crippen LogP contribution in [0, 0.1) is 11.3 Å². The van der Waals surface area contributed by atoms with Gasteiger partial charge in [-0.3, -0.25) is 9.78 Å². The molecule has 0 fully saturated rings. The van der Waals surface area contributed by atoms with E-state index in [1.165, 1.54) is 11.3 Å². The first kappa shape index (κ1) is 11.2. The summed E-state index contributed by atoms with van der Waals surface area (Å²) < 4.78 is 0. The minimum Gasteiger partial charge on any atom is -0.481 e. The molecule has 0 aliphatic heterocycles. The monoisotopic (exact) mass is 213 g/mol. The van der Waals surface area contributed by atoms with Gasteiger partial charge in [0.1, 0.15) is 0 Å². The van der Waals surface area contributed by atoms with Crippen LogP contribution in [0.2, 0.25) is 0 Å². The van der Waals surface area contributed by atoms with Gasteiger partial charge >= 0.3 is 5.97 Å². The van der Waals surface area contributed by atoms with Crippen molar-refractivity contribution in [2.45, 2.75) is 27.2 Å². The summed E-state index contributed by atoms with van der Waals surface area (Å²) >= 11 is 1.51. The minimum absolute atomic E-state index is 0.113. The molecule has 0 aliphatic carbocycles. The van der Waals surface area contributed by atoms with Crippen LogP contribution >= 0.6 is 11.3 Å². The van der Waals surface area contributed by atoms with Gasteiger partial charge in [0.05, 0.1) is 10.9 Å². The molecule has 0 saturated carbocycles. The first-order valence-electron chi connectivity index (χ1n) is 4.57. The lowest BCUT2D eigenvalue weighted by atomic mass is 9.76. The Morgan fingerprint density at radius 2 is 2.36 bits per heavy atom. The number of hydrogen-bond acceptors (Lipinski definition) is 3. The van der Waals surface area contributed by atoms with Crippen LogP contribution in [0.4, 0.5) is 0 Å². The topological polar surface area (TPSA) is 50.2 Å². The summed E-state index contributed by atoms with van der Waals surface area (Å²) in [4.78, 5) is 16.2. The first-order valence-corrected chi connectivity index (χ1v) is 5.45. The van der Waals surface area contributed by atoms with Crippen molar-refractivity contribution in [2.24, 2.45) is 11.3 Å². The van der Waals surface area contributed by atoms with Gasteiger partial charge in [0.15, 0.2) is 0 Å². The van der Waals surface area contributed by atoms with Gasteiger partial charge in [0.2, 0.25) is 0 Å². The molecule has 1 N–H and O–H groups in total. The quantitative estimate of drug-likeness (QED) is 0.835. The lowest BCUT2D eigenvalue weighted by Gasteiger charge is -2.28. The molecule has 3 nitrogen and oxygen atoms in total. The van der Waals surface area contributed by atoms with Gasteiger partial charge in [-0.15, -0.1) is 11.3 Å². The van der Waals surface area contributed by atoms with Gasteiger partial charge in [-0.2, -0.15) is 0 Å². The molecule has 1 aromatic heterocycles. The lowest BCUT2D eigenvalue weighted by Crippen LogP contribution is -2.35. The number of aliphatic carboxylic acids is 1. The van der Waals surface area contributed by atoms with E-state index in [9.17, 15) is 9.90 Å². The second-order valence-electron chi connectivity index (χ2n) is 4.02. The van der Waals surface area contributed by atoms with Crippen molar-refractivity contribution in [3.8, 4) is 0 Å². The van der Waals surface area contributed by atoms with Crippen molar-refractivity contribution in [2.75, 3.05) is 0 Å². The molecule has 1 aromatic rings. The van der Waals surface area contributed by atoms with Crippen molar-refractivity contribution < 1.29 is 9.90 Å². The van der Waals surface area contributed by atoms with E-state index in [1.54, 1.807) is 18.6 Å². The molecule has 1 atom stereocenters. The summed E-state index contributed by atoms with van der Waals surface area (Å²) in [5, 5.41) is 9.19. The van der Waals surface area contributed by atoms with Gasteiger partial charge in [0.25, 0.3) is 0 Å². The first-order chi connectivity index (χ1) is 6.47. The third-order valence-corrected chi connectivity index (χ3v) is 3.57. The standard InChI is InChI=1S/C10H15NO2S/c1-7(2)10(3,9(12)13)4-8-5-11-6-14-8/h5-7H,4H2,1-3H3,(H,12,13). The van der Waals surface area contributed by atoms with Crippen LogP contribution < -0.4 is 0 Å². The zero-order chi connectivity index (χ0) is 10.8. The molecule has 78 valence electrons. The zero-order valence-corrected chi connectivity index (χ0v) is 9.47. The maximum absolute atomic E-state index is 11.2. The molecule has 0 bridgehead atoms. The van der Waals surface area contributed by atoms with Crippen LogP contribution in [-0.2, 0) is 11.2 Å². The number of aromatic nitrogens is 1. The molecule has 14 heavy (non-hydrogen) atoms. The Bertz CT molecular complexity index is 308. The molecule has 4 heteroatoms. The van der Waals surface area contributed by atoms with Crippen LogP contribution in [0.25, 0.3) is 0 Å². The molecule has 0 aliphatic rings. The number of carboxylic acids is 1. The molecule has 0 saturated heterocycles. The Balaban J connectivity index is 2.85. The number of carboxylic acid groups (broad SMARTS) is 1. The number of hydrogen-bond donors (Lipinski definition) is 1. The molecule has 0 amide bonds. The SMILES string of the molecule is CC(C)C(C)(Cc1cncs1)C(=O)O. The Labute approximate surface area is 87.8 Å². The second kappa shape index (κ2) is 4.09. The summed E-state index contributed by atoms with van der Waals surface area (Å²) in [7, 11) is 0. The summed E-state index contributed by atoms with van der Waals surface area (Å²) in [6, 6.07) is 0. The van der Waals surface area contributed by atoms with E-state index >= 15 is 0 Å². The number of rotatable bonds is 4. The van der Waals surface area contributed by atoms with Gasteiger partial charge in [-0.25, -0.2) is 0 Å². The molecule has 0 aromatic carbocycles. The normalized spacial score (nSPS) is 15.4. The van der Waals surface area contributed by atoms with Crippen LogP contribution in [0.1, 0.15) is 25.6 Å². The van der Waals surface area contributed by atoms with E-state index < -0.39 is 11.4 Å². The van der Waals surface area contributed by atoms with Crippen molar-refractivity contribution in [3.63, 3.8) is 0 Å². The average Bonchev–Trinajstić information content (AvgIpc) is 2.55. The van der Waals surface area contributed by atoms with Gasteiger partial charge < -0.3 is 5.11 Å². The Kier molecular flexibility index (Phi) is 3.26. The average molecular weight is 213 g/mol. The Hall–Kier alpha value is -0.900. The highest BCUT2D eigenvalue weighted by molar-refractivity contribution is 7.09. The predicted octanol–water partition coefficient (Wildman–Crippen LogP) is 2.43. The van der Waals surface area contributed by atoms with Crippen LogP contribution in [0.3, 0.4) is 0 Å². The lowest BCUT2D eigenvalue weighted by molar-refractivity contribution is -0.150. The van der Waals surface area contributed by atoms with E-state index in [0.717, 1.165) is 4.88 Å². The Morgan fingerprint density at radius 1 is 1.71 bits per heavy atom. The summed E-state index contributed by atoms with van der Waals surface area (Å²) in [6.07, 6.45) is 2.30. The fourth-order valence-electron chi connectivity index (χ4n) is 1.22. The Morgan fingerprint density at radius 3 is 2.71 bits per heavy atom. The maximum Gasteiger partial charge on any atom is 0.309 e. The van der Waals surface area contributed by atoms with E-state index in [4.69, 9.17) is 0 Å². The fourth-order valence-corrected chi connectivity index (χ4v) is 1.98. The summed E-state index contributed by atoms with van der Waals surface area (Å²) in [5.41, 5.74) is 1.05. The van der Waals surface area contributed by atoms with Gasteiger partial charge in [0, 0.05) is 11.1 Å². The summed E-state index contributed by atoms with van der Waals surface area (Å²) in [5.74, 6) is -0.622. The van der Waals surface area contributed by atoms with E-state index in [2.05, 4.69) is 4.98 Å². The third kappa shape index (κ3) is 2.12. The molecule has 0 spiro atoms. The highest BCUT2D eigenvalue weighted by Gasteiger charge is 2.37. The number of carbonyl (C=O) groups is 1. The van der Waals surface area contributed by atoms with E-state index in [-0.39, 0.29) is 5.92 Å². The van der Waals surface area contributed by atoms with Crippen LogP contribution in [0.15, 0.2) is 11.7 Å². The van der Waals surface area contributed by atoms with Crippen molar-refractivity contribution in [1.29, 1.82) is 0 Å².